The maximum atomic E-state index is 13.0. The van der Waals surface area contributed by atoms with Crippen LogP contribution in [0.15, 0.2) is 24.3 Å². The Balaban J connectivity index is 2.54. The molecule has 1 rings (SSSR count). The Morgan fingerprint density at radius 3 is 1.44 bits per heavy atom. The van der Waals surface area contributed by atoms with Crippen LogP contribution in [0.25, 0.3) is 0 Å². The van der Waals surface area contributed by atoms with E-state index in [9.17, 15) is 50.0 Å². The smallest absolute Gasteiger partial charge is 0.393 e. The maximum Gasteiger partial charge on any atom is 0.472 e. The second-order valence-electron chi connectivity index (χ2n) is 17.5. The zero-order valence-electron chi connectivity index (χ0n) is 38.1. The van der Waals surface area contributed by atoms with Crippen molar-refractivity contribution >= 4 is 13.7 Å². The number of allylic oxidation sites excluding steroid dienone is 3. The van der Waals surface area contributed by atoms with Crippen molar-refractivity contribution in [3.63, 3.8) is 0 Å². The van der Waals surface area contributed by atoms with Gasteiger partial charge in [-0.1, -0.05) is 192 Å². The van der Waals surface area contributed by atoms with E-state index >= 15 is 0 Å². The minimum absolute atomic E-state index is 0.249. The molecule has 14 heteroatoms. The number of phosphoric acid groups is 1. The van der Waals surface area contributed by atoms with Crippen molar-refractivity contribution in [3.05, 3.63) is 24.3 Å². The Bertz CT molecular complexity index is 1140. The number of carbonyl (C=O) groups excluding carboxylic acids is 1. The quantitative estimate of drug-likeness (QED) is 0.0161. The van der Waals surface area contributed by atoms with Crippen LogP contribution in [-0.2, 0) is 18.4 Å². The fraction of sp³-hybridized carbons (Fsp3) is 0.894. The zero-order valence-corrected chi connectivity index (χ0v) is 39.0. The predicted octanol–water partition coefficient (Wildman–Crippen LogP) is 8.37. The molecule has 360 valence electrons. The number of aliphatic hydroxyl groups excluding tert-OH is 7. The van der Waals surface area contributed by atoms with Crippen LogP contribution >= 0.6 is 7.82 Å². The van der Waals surface area contributed by atoms with Gasteiger partial charge in [0.2, 0.25) is 5.91 Å². The largest absolute Gasteiger partial charge is 0.472 e. The molecule has 8 atom stereocenters. The van der Waals surface area contributed by atoms with Crippen LogP contribution < -0.4 is 5.32 Å². The van der Waals surface area contributed by atoms with E-state index < -0.39 is 75.2 Å². The predicted molar refractivity (Wildman–Crippen MR) is 243 cm³/mol. The lowest BCUT2D eigenvalue weighted by molar-refractivity contribution is -0.220. The summed E-state index contributed by atoms with van der Waals surface area (Å²) in [6.45, 7) is 3.73. The summed E-state index contributed by atoms with van der Waals surface area (Å²) in [6.07, 6.45) is 26.9. The molecular formula is C47H90NO12P. The first-order valence-corrected chi connectivity index (χ1v) is 25.9. The van der Waals surface area contributed by atoms with Crippen LogP contribution in [0, 0.1) is 0 Å². The number of hydrogen-bond acceptors (Lipinski definition) is 11. The van der Waals surface area contributed by atoms with Gasteiger partial charge >= 0.3 is 7.82 Å². The molecule has 0 aliphatic heterocycles. The van der Waals surface area contributed by atoms with Crippen LogP contribution in [0.2, 0.25) is 0 Å². The molecule has 0 aromatic carbocycles. The molecule has 9 N–H and O–H groups in total. The third-order valence-electron chi connectivity index (χ3n) is 11.8. The molecule has 0 aromatic rings. The van der Waals surface area contributed by atoms with Gasteiger partial charge in [-0.15, -0.1) is 0 Å². The van der Waals surface area contributed by atoms with Crippen LogP contribution in [0.1, 0.15) is 206 Å². The monoisotopic (exact) mass is 892 g/mol. The molecule has 1 saturated carbocycles. The summed E-state index contributed by atoms with van der Waals surface area (Å²) in [5.74, 6) is -0.600. The van der Waals surface area contributed by atoms with Crippen LogP contribution in [-0.4, -0.2) is 108 Å². The summed E-state index contributed by atoms with van der Waals surface area (Å²) < 4.78 is 22.9. The minimum Gasteiger partial charge on any atom is -0.393 e. The number of rotatable bonds is 40. The lowest BCUT2D eigenvalue weighted by Crippen LogP contribution is -2.64. The molecule has 0 spiro atoms. The number of hydrogen-bond donors (Lipinski definition) is 9. The van der Waals surface area contributed by atoms with E-state index in [1.807, 2.05) is 0 Å². The molecule has 13 nitrogen and oxygen atoms in total. The molecular weight excluding hydrogens is 801 g/mol. The van der Waals surface area contributed by atoms with Gasteiger partial charge in [0.1, 0.15) is 36.6 Å². The molecule has 1 fully saturated rings. The van der Waals surface area contributed by atoms with E-state index in [-0.39, 0.29) is 6.42 Å². The van der Waals surface area contributed by atoms with E-state index in [0.29, 0.717) is 12.8 Å². The van der Waals surface area contributed by atoms with Crippen molar-refractivity contribution in [1.29, 1.82) is 0 Å². The number of carbonyl (C=O) groups is 1. The van der Waals surface area contributed by atoms with Gasteiger partial charge < -0.3 is 46.0 Å². The summed E-state index contributed by atoms with van der Waals surface area (Å²) in [7, 11) is -5.15. The SMILES string of the molecule is CCCCCCCCCCC/C=C/CC/C=C/C(O)C(COP(=O)(O)OC1C(O)C(O)C(O)C(O)C1O)NC(=O)CC(O)CCCCCCCCCCCCCCCCCC. The number of aliphatic hydroxyl groups is 7. The van der Waals surface area contributed by atoms with Crippen LogP contribution in [0.5, 0.6) is 0 Å². The van der Waals surface area contributed by atoms with E-state index in [4.69, 9.17) is 9.05 Å². The standard InChI is InChI=1S/C47H90NO12P/c1-3-5-7-9-11-13-15-17-19-21-22-24-26-28-30-32-34-38(49)36-41(51)48-39(37-59-61(57,58)60-47-45(55)43(53)42(52)44(54)46(47)56)40(50)35-33-31-29-27-25-23-20-18-16-14-12-10-8-6-4-2/h25,27,33,35,38-40,42-47,49-50,52-56H,3-24,26,28-32,34,36-37H2,1-2H3,(H,48,51)(H,57,58)/b27-25+,35-33+. The highest BCUT2D eigenvalue weighted by molar-refractivity contribution is 7.47. The fourth-order valence-electron chi connectivity index (χ4n) is 7.79. The van der Waals surface area contributed by atoms with Crippen molar-refractivity contribution in [2.75, 3.05) is 6.61 Å². The Hall–Kier alpha value is -1.22. The van der Waals surface area contributed by atoms with Gasteiger partial charge in [0.05, 0.1) is 31.3 Å². The van der Waals surface area contributed by atoms with Gasteiger partial charge in [-0.2, -0.15) is 0 Å². The summed E-state index contributed by atoms with van der Waals surface area (Å²) in [5, 5.41) is 74.5. The first-order valence-electron chi connectivity index (χ1n) is 24.4. The zero-order chi connectivity index (χ0) is 45.1. The Morgan fingerprint density at radius 2 is 0.967 bits per heavy atom. The highest BCUT2D eigenvalue weighted by Crippen LogP contribution is 2.47. The molecule has 1 aliphatic carbocycles. The third kappa shape index (κ3) is 29.0. The summed E-state index contributed by atoms with van der Waals surface area (Å²) in [5.41, 5.74) is 0. The fourth-order valence-corrected chi connectivity index (χ4v) is 8.75. The summed E-state index contributed by atoms with van der Waals surface area (Å²) in [6, 6.07) is -1.25. The average Bonchev–Trinajstić information content (AvgIpc) is 3.23. The number of phosphoric ester groups is 1. The molecule has 8 unspecified atom stereocenters. The second-order valence-corrected chi connectivity index (χ2v) is 18.9. The molecule has 0 saturated heterocycles. The van der Waals surface area contributed by atoms with Crippen molar-refractivity contribution in [1.82, 2.24) is 5.32 Å². The second kappa shape index (κ2) is 37.0. The maximum absolute atomic E-state index is 13.0. The highest BCUT2D eigenvalue weighted by Gasteiger charge is 2.51. The lowest BCUT2D eigenvalue weighted by Gasteiger charge is -2.41. The number of amides is 1. The number of unbranched alkanes of at least 4 members (excludes halogenated alkanes) is 25. The van der Waals surface area contributed by atoms with Crippen molar-refractivity contribution in [3.8, 4) is 0 Å². The lowest BCUT2D eigenvalue weighted by atomic mass is 9.85. The topological polar surface area (TPSA) is 226 Å². The van der Waals surface area contributed by atoms with E-state index in [2.05, 4.69) is 31.3 Å². The van der Waals surface area contributed by atoms with Gasteiger partial charge in [-0.3, -0.25) is 13.8 Å². The summed E-state index contributed by atoms with van der Waals surface area (Å²) >= 11 is 0. The van der Waals surface area contributed by atoms with Crippen LogP contribution in [0.3, 0.4) is 0 Å². The van der Waals surface area contributed by atoms with E-state index in [1.165, 1.54) is 134 Å². The van der Waals surface area contributed by atoms with E-state index in [0.717, 1.165) is 44.9 Å². The molecule has 0 bridgehead atoms. The van der Waals surface area contributed by atoms with Gasteiger partial charge in [-0.05, 0) is 32.1 Å². The molecule has 1 aliphatic rings. The third-order valence-corrected chi connectivity index (χ3v) is 12.8. The Morgan fingerprint density at radius 1 is 0.574 bits per heavy atom. The first-order chi connectivity index (χ1) is 29.3. The average molecular weight is 892 g/mol. The van der Waals surface area contributed by atoms with E-state index in [1.54, 1.807) is 6.08 Å². The number of nitrogens with one attached hydrogen (secondary N) is 1. The Kier molecular flexibility index (Phi) is 35.1. The highest BCUT2D eigenvalue weighted by atomic mass is 31.2. The van der Waals surface area contributed by atoms with Gasteiger partial charge in [-0.25, -0.2) is 4.57 Å². The van der Waals surface area contributed by atoms with Crippen molar-refractivity contribution in [2.24, 2.45) is 0 Å². The van der Waals surface area contributed by atoms with Crippen molar-refractivity contribution in [2.45, 2.75) is 261 Å². The van der Waals surface area contributed by atoms with Gasteiger partial charge in [0.15, 0.2) is 0 Å². The molecule has 0 heterocycles. The van der Waals surface area contributed by atoms with Gasteiger partial charge in [0.25, 0.3) is 0 Å². The van der Waals surface area contributed by atoms with Crippen LogP contribution in [0.4, 0.5) is 0 Å². The minimum atomic E-state index is -5.15. The van der Waals surface area contributed by atoms with Gasteiger partial charge in [0, 0.05) is 0 Å². The van der Waals surface area contributed by atoms with Crippen molar-refractivity contribution < 1.29 is 59.0 Å². The first kappa shape index (κ1) is 57.8. The molecule has 1 amide bonds. The molecule has 61 heavy (non-hydrogen) atoms. The molecule has 0 radical (unpaired) electrons. The Labute approximate surface area is 369 Å². The normalized spacial score (nSPS) is 23.4. The summed E-state index contributed by atoms with van der Waals surface area (Å²) in [4.78, 5) is 23.4. The molecule has 0 aromatic heterocycles.